The number of rotatable bonds is 11. The normalized spacial score (nSPS) is 13.7. The molecule has 0 atom stereocenters. The van der Waals surface area contributed by atoms with E-state index in [1.807, 2.05) is 48.5 Å². The third-order valence-corrected chi connectivity index (χ3v) is 7.61. The van der Waals surface area contributed by atoms with E-state index in [1.165, 1.54) is 29.8 Å². The number of anilines is 1. The van der Waals surface area contributed by atoms with Crippen molar-refractivity contribution in [3.63, 3.8) is 0 Å². The van der Waals surface area contributed by atoms with Crippen LogP contribution < -0.4 is 15.4 Å². The highest BCUT2D eigenvalue weighted by atomic mass is 16.6. The van der Waals surface area contributed by atoms with Crippen LogP contribution in [-0.2, 0) is 19.7 Å². The molecule has 0 unspecified atom stereocenters. The lowest BCUT2D eigenvalue weighted by Crippen LogP contribution is -2.43. The van der Waals surface area contributed by atoms with Gasteiger partial charge in [-0.25, -0.2) is 0 Å². The molecule has 5 rings (SSSR count). The summed E-state index contributed by atoms with van der Waals surface area (Å²) in [5, 5.41) is 16.9. The molecule has 0 aliphatic carbocycles. The van der Waals surface area contributed by atoms with E-state index >= 15 is 0 Å². The summed E-state index contributed by atoms with van der Waals surface area (Å²) in [5.74, 6) is -0.192. The number of likely N-dealkylation sites (N-methyl/N-ethyl adjacent to an activating group) is 1. The van der Waals surface area contributed by atoms with Crippen molar-refractivity contribution in [2.45, 2.75) is 19.7 Å². The quantitative estimate of drug-likeness (QED) is 0.184. The van der Waals surface area contributed by atoms with E-state index < -0.39 is 10.8 Å². The number of nitrogens with one attached hydrogen (secondary N) is 2. The Bertz CT molecular complexity index is 1620. The minimum Gasteiger partial charge on any atom is -0.487 e. The zero-order valence-electron chi connectivity index (χ0n) is 24.6. The van der Waals surface area contributed by atoms with Gasteiger partial charge in [0.25, 0.3) is 17.5 Å². The summed E-state index contributed by atoms with van der Waals surface area (Å²) in [7, 11) is 2.14. The maximum Gasteiger partial charge on any atom is 0.270 e. The molecule has 0 saturated carbocycles. The molecule has 1 fully saturated rings. The van der Waals surface area contributed by atoms with Gasteiger partial charge in [-0.3, -0.25) is 24.6 Å². The topological polar surface area (TPSA) is 117 Å². The Morgan fingerprint density at radius 1 is 0.818 bits per heavy atom. The molecule has 0 spiro atoms. The summed E-state index contributed by atoms with van der Waals surface area (Å²) in [4.78, 5) is 41.1. The van der Waals surface area contributed by atoms with Gasteiger partial charge < -0.3 is 20.3 Å². The van der Waals surface area contributed by atoms with Crippen molar-refractivity contribution < 1.29 is 19.2 Å². The lowest BCUT2D eigenvalue weighted by molar-refractivity contribution is -0.384. The fraction of sp³-hybridized carbons (Fsp3) is 0.235. The molecule has 0 radical (unpaired) electrons. The first-order valence-electron chi connectivity index (χ1n) is 14.5. The SMILES string of the molecule is CN1CCN(Cc2ccc(C(=O)NCc3ccccc3COc3ccccc3NC(=O)c3cccc([N+](=O)[O-])c3)cc2)CC1. The summed E-state index contributed by atoms with van der Waals surface area (Å²) in [6, 6.07) is 28.0. The number of non-ortho nitro benzene ring substituents is 1. The van der Waals surface area contributed by atoms with E-state index in [2.05, 4.69) is 27.5 Å². The second-order valence-corrected chi connectivity index (χ2v) is 10.8. The van der Waals surface area contributed by atoms with Gasteiger partial charge in [-0.05, 0) is 54.1 Å². The summed E-state index contributed by atoms with van der Waals surface area (Å²) >= 11 is 0. The largest absolute Gasteiger partial charge is 0.487 e. The van der Waals surface area contributed by atoms with Crippen molar-refractivity contribution in [1.29, 1.82) is 0 Å². The molecule has 1 aliphatic heterocycles. The van der Waals surface area contributed by atoms with E-state index in [1.54, 1.807) is 24.3 Å². The Kier molecular flexibility index (Phi) is 9.96. The Balaban J connectivity index is 1.17. The first-order valence-corrected chi connectivity index (χ1v) is 14.5. The van der Waals surface area contributed by atoms with Crippen molar-refractivity contribution in [2.24, 2.45) is 0 Å². The number of hydrogen-bond donors (Lipinski definition) is 2. The number of ether oxygens (including phenoxy) is 1. The van der Waals surface area contributed by atoms with Gasteiger partial charge in [0.15, 0.2) is 0 Å². The molecule has 1 saturated heterocycles. The van der Waals surface area contributed by atoms with E-state index in [0.717, 1.165) is 43.9 Å². The highest BCUT2D eigenvalue weighted by molar-refractivity contribution is 6.05. The lowest BCUT2D eigenvalue weighted by atomic mass is 10.1. The van der Waals surface area contributed by atoms with Gasteiger partial charge in [0, 0.05) is 62.5 Å². The highest BCUT2D eigenvalue weighted by Crippen LogP contribution is 2.26. The fourth-order valence-electron chi connectivity index (χ4n) is 4.98. The monoisotopic (exact) mass is 593 g/mol. The average Bonchev–Trinajstić information content (AvgIpc) is 3.05. The number of carbonyl (C=O) groups excluding carboxylic acids is 2. The molecule has 1 heterocycles. The van der Waals surface area contributed by atoms with Gasteiger partial charge in [0.05, 0.1) is 10.6 Å². The standard InChI is InChI=1S/C34H35N5O5/c1-37-17-19-38(20-18-37)23-25-13-15-26(16-14-25)33(40)35-22-28-7-2-3-8-29(28)24-44-32-12-5-4-11-31(32)36-34(41)27-9-6-10-30(21-27)39(42)43/h2-16,21H,17-20,22-24H2,1H3,(H,35,40)(H,36,41). The second-order valence-electron chi connectivity index (χ2n) is 10.8. The Hall–Kier alpha value is -5.06. The zero-order valence-corrected chi connectivity index (χ0v) is 24.6. The molecule has 2 N–H and O–H groups in total. The zero-order chi connectivity index (χ0) is 30.9. The predicted octanol–water partition coefficient (Wildman–Crippen LogP) is 5.10. The van der Waals surface area contributed by atoms with Gasteiger partial charge in [0.1, 0.15) is 12.4 Å². The fourth-order valence-corrected chi connectivity index (χ4v) is 4.98. The Morgan fingerprint density at radius 2 is 1.52 bits per heavy atom. The molecule has 1 aliphatic rings. The van der Waals surface area contributed by atoms with Crippen molar-refractivity contribution in [3.8, 4) is 5.75 Å². The van der Waals surface area contributed by atoms with Crippen LogP contribution in [0.25, 0.3) is 0 Å². The molecule has 44 heavy (non-hydrogen) atoms. The van der Waals surface area contributed by atoms with Gasteiger partial charge in [-0.1, -0.05) is 54.6 Å². The molecular weight excluding hydrogens is 558 g/mol. The minimum atomic E-state index is -0.542. The van der Waals surface area contributed by atoms with Gasteiger partial charge in [0.2, 0.25) is 0 Å². The lowest BCUT2D eigenvalue weighted by Gasteiger charge is -2.32. The predicted molar refractivity (Wildman–Crippen MR) is 169 cm³/mol. The van der Waals surface area contributed by atoms with Crippen LogP contribution in [0.5, 0.6) is 5.75 Å². The van der Waals surface area contributed by atoms with Gasteiger partial charge >= 0.3 is 0 Å². The third kappa shape index (κ3) is 8.06. The first-order chi connectivity index (χ1) is 21.4. The average molecular weight is 594 g/mol. The summed E-state index contributed by atoms with van der Waals surface area (Å²) in [5.41, 5.74) is 4.03. The van der Waals surface area contributed by atoms with Crippen LogP contribution in [0.15, 0.2) is 97.1 Å². The summed E-state index contributed by atoms with van der Waals surface area (Å²) in [6.45, 7) is 5.64. The van der Waals surface area contributed by atoms with Crippen LogP contribution in [0.3, 0.4) is 0 Å². The maximum absolute atomic E-state index is 12.9. The van der Waals surface area contributed by atoms with E-state index in [4.69, 9.17) is 4.74 Å². The molecular formula is C34H35N5O5. The number of nitro benzene ring substituents is 1. The van der Waals surface area contributed by atoms with Crippen LogP contribution >= 0.6 is 0 Å². The van der Waals surface area contributed by atoms with E-state index in [-0.39, 0.29) is 23.8 Å². The van der Waals surface area contributed by atoms with Crippen LogP contribution in [0.2, 0.25) is 0 Å². The molecule has 226 valence electrons. The number of para-hydroxylation sites is 2. The second kappa shape index (κ2) is 14.4. The smallest absolute Gasteiger partial charge is 0.270 e. The van der Waals surface area contributed by atoms with Crippen molar-refractivity contribution >= 4 is 23.2 Å². The Morgan fingerprint density at radius 3 is 2.27 bits per heavy atom. The molecule has 0 aromatic heterocycles. The van der Waals surface area contributed by atoms with Crippen molar-refractivity contribution in [1.82, 2.24) is 15.1 Å². The number of carbonyl (C=O) groups is 2. The maximum atomic E-state index is 12.9. The number of nitrogens with zero attached hydrogens (tertiary/aromatic N) is 3. The van der Waals surface area contributed by atoms with Crippen molar-refractivity contribution in [2.75, 3.05) is 38.5 Å². The number of piperazine rings is 1. The van der Waals surface area contributed by atoms with Crippen molar-refractivity contribution in [3.05, 3.63) is 135 Å². The first kappa shape index (κ1) is 30.4. The van der Waals surface area contributed by atoms with E-state index in [0.29, 0.717) is 23.5 Å². The van der Waals surface area contributed by atoms with Gasteiger partial charge in [-0.2, -0.15) is 0 Å². The molecule has 2 amide bonds. The summed E-state index contributed by atoms with van der Waals surface area (Å²) < 4.78 is 6.09. The van der Waals surface area contributed by atoms with Gasteiger partial charge in [-0.15, -0.1) is 0 Å². The number of amides is 2. The minimum absolute atomic E-state index is 0.152. The molecule has 0 bridgehead atoms. The van der Waals surface area contributed by atoms with Crippen LogP contribution in [0.4, 0.5) is 11.4 Å². The number of hydrogen-bond acceptors (Lipinski definition) is 7. The van der Waals surface area contributed by atoms with Crippen LogP contribution in [0, 0.1) is 10.1 Å². The molecule has 4 aromatic carbocycles. The highest BCUT2D eigenvalue weighted by Gasteiger charge is 2.16. The van der Waals surface area contributed by atoms with E-state index in [9.17, 15) is 19.7 Å². The van der Waals surface area contributed by atoms with Crippen LogP contribution in [0.1, 0.15) is 37.4 Å². The molecule has 4 aromatic rings. The number of nitro groups is 1. The molecule has 10 nitrogen and oxygen atoms in total. The Labute approximate surface area is 256 Å². The summed E-state index contributed by atoms with van der Waals surface area (Å²) in [6.07, 6.45) is 0. The van der Waals surface area contributed by atoms with Crippen LogP contribution in [-0.4, -0.2) is 59.8 Å². The third-order valence-electron chi connectivity index (χ3n) is 7.61. The number of benzene rings is 4. The molecule has 10 heteroatoms.